The van der Waals surface area contributed by atoms with Crippen molar-refractivity contribution in [2.45, 2.75) is 24.9 Å². The fourth-order valence-electron chi connectivity index (χ4n) is 1.67. The van der Waals surface area contributed by atoms with Gasteiger partial charge in [-0.3, -0.25) is 0 Å². The molecular weight excluding hydrogens is 226 g/mol. The van der Waals surface area contributed by atoms with Gasteiger partial charge in [0, 0.05) is 6.54 Å². The van der Waals surface area contributed by atoms with Gasteiger partial charge in [0.05, 0.1) is 17.2 Å². The number of pyridine rings is 1. The second-order valence-corrected chi connectivity index (χ2v) is 4.49. The summed E-state index contributed by atoms with van der Waals surface area (Å²) in [6, 6.07) is 5.13. The molecule has 0 radical (unpaired) electrons. The van der Waals surface area contributed by atoms with E-state index in [0.29, 0.717) is 17.9 Å². The van der Waals surface area contributed by atoms with Gasteiger partial charge in [-0.1, -0.05) is 11.6 Å². The molecule has 1 aromatic rings. The van der Waals surface area contributed by atoms with Crippen molar-refractivity contribution in [1.82, 2.24) is 4.98 Å². The lowest BCUT2D eigenvalue weighted by Crippen LogP contribution is -2.43. The van der Waals surface area contributed by atoms with E-state index >= 15 is 0 Å². The van der Waals surface area contributed by atoms with E-state index in [0.717, 1.165) is 19.3 Å². The van der Waals surface area contributed by atoms with E-state index in [-0.39, 0.29) is 5.15 Å². The molecule has 4 nitrogen and oxygen atoms in total. The number of halogens is 1. The van der Waals surface area contributed by atoms with Crippen molar-refractivity contribution in [3.05, 3.63) is 22.8 Å². The summed E-state index contributed by atoms with van der Waals surface area (Å²) >= 11 is 5.76. The van der Waals surface area contributed by atoms with Crippen LogP contribution in [0.4, 0.5) is 5.82 Å². The monoisotopic (exact) mass is 237 g/mol. The van der Waals surface area contributed by atoms with E-state index < -0.39 is 5.60 Å². The van der Waals surface area contributed by atoms with Crippen molar-refractivity contribution in [1.29, 1.82) is 5.26 Å². The van der Waals surface area contributed by atoms with Crippen LogP contribution in [0.1, 0.15) is 24.8 Å². The van der Waals surface area contributed by atoms with Crippen LogP contribution in [-0.2, 0) is 0 Å². The summed E-state index contributed by atoms with van der Waals surface area (Å²) in [4.78, 5) is 4.04. The Morgan fingerprint density at radius 3 is 2.88 bits per heavy atom. The van der Waals surface area contributed by atoms with Crippen LogP contribution in [0, 0.1) is 11.3 Å². The topological polar surface area (TPSA) is 68.9 Å². The number of nitrogens with zero attached hydrogens (tertiary/aromatic N) is 2. The number of hydrogen-bond acceptors (Lipinski definition) is 4. The second-order valence-electron chi connectivity index (χ2n) is 4.11. The standard InChI is InChI=1S/C11H12ClN3O/c12-9-4-8(6-13)5-10(15-9)14-7-11(16)2-1-3-11/h4-5,16H,1-3,7H2,(H,14,15). The van der Waals surface area contributed by atoms with Gasteiger partial charge in [-0.25, -0.2) is 4.98 Å². The number of aliphatic hydroxyl groups is 1. The van der Waals surface area contributed by atoms with E-state index in [9.17, 15) is 5.11 Å². The van der Waals surface area contributed by atoms with Gasteiger partial charge >= 0.3 is 0 Å². The Balaban J connectivity index is 2.04. The predicted molar refractivity (Wildman–Crippen MR) is 61.3 cm³/mol. The molecule has 0 unspecified atom stereocenters. The van der Waals surface area contributed by atoms with Crippen LogP contribution in [-0.4, -0.2) is 22.2 Å². The highest BCUT2D eigenvalue weighted by atomic mass is 35.5. The number of rotatable bonds is 3. The Morgan fingerprint density at radius 2 is 2.31 bits per heavy atom. The van der Waals surface area contributed by atoms with E-state index in [1.165, 1.54) is 6.07 Å². The second kappa shape index (κ2) is 4.28. The van der Waals surface area contributed by atoms with Crippen LogP contribution >= 0.6 is 11.6 Å². The molecule has 1 aliphatic rings. The van der Waals surface area contributed by atoms with Crippen molar-refractivity contribution in [2.75, 3.05) is 11.9 Å². The largest absolute Gasteiger partial charge is 0.388 e. The van der Waals surface area contributed by atoms with E-state index in [2.05, 4.69) is 10.3 Å². The fraction of sp³-hybridized carbons (Fsp3) is 0.455. The Labute approximate surface area is 98.9 Å². The van der Waals surface area contributed by atoms with Gasteiger partial charge in [0.25, 0.3) is 0 Å². The molecule has 0 aromatic carbocycles. The van der Waals surface area contributed by atoms with Crippen LogP contribution in [0.5, 0.6) is 0 Å². The maximum Gasteiger partial charge on any atom is 0.132 e. The molecule has 1 aliphatic carbocycles. The fourth-order valence-corrected chi connectivity index (χ4v) is 1.88. The summed E-state index contributed by atoms with van der Waals surface area (Å²) in [5.74, 6) is 0.532. The zero-order valence-corrected chi connectivity index (χ0v) is 9.46. The predicted octanol–water partition coefficient (Wildman–Crippen LogP) is 1.93. The lowest BCUT2D eigenvalue weighted by Gasteiger charge is -2.36. The molecule has 0 bridgehead atoms. The zero-order chi connectivity index (χ0) is 11.6. The summed E-state index contributed by atoms with van der Waals surface area (Å²) in [5, 5.41) is 21.9. The van der Waals surface area contributed by atoms with Gasteiger partial charge in [0.2, 0.25) is 0 Å². The van der Waals surface area contributed by atoms with Crippen molar-refractivity contribution in [3.63, 3.8) is 0 Å². The van der Waals surface area contributed by atoms with Crippen molar-refractivity contribution >= 4 is 17.4 Å². The highest BCUT2D eigenvalue weighted by Crippen LogP contribution is 2.31. The maximum atomic E-state index is 9.88. The third kappa shape index (κ3) is 2.43. The van der Waals surface area contributed by atoms with Crippen LogP contribution < -0.4 is 5.32 Å². The van der Waals surface area contributed by atoms with Crippen LogP contribution in [0.25, 0.3) is 0 Å². The van der Waals surface area contributed by atoms with Gasteiger partial charge in [-0.05, 0) is 31.4 Å². The highest BCUT2D eigenvalue weighted by molar-refractivity contribution is 6.29. The Bertz CT molecular complexity index is 437. The molecule has 0 amide bonds. The molecule has 0 atom stereocenters. The van der Waals surface area contributed by atoms with Gasteiger partial charge in [0.1, 0.15) is 11.0 Å². The first-order valence-electron chi connectivity index (χ1n) is 5.15. The summed E-state index contributed by atoms with van der Waals surface area (Å²) in [7, 11) is 0. The lowest BCUT2D eigenvalue weighted by atomic mass is 9.80. The van der Waals surface area contributed by atoms with Crippen molar-refractivity contribution in [3.8, 4) is 6.07 Å². The Morgan fingerprint density at radius 1 is 1.56 bits per heavy atom. The van der Waals surface area contributed by atoms with Crippen LogP contribution in [0.2, 0.25) is 5.15 Å². The molecule has 2 N–H and O–H groups in total. The first-order chi connectivity index (χ1) is 7.61. The molecule has 0 aliphatic heterocycles. The number of nitriles is 1. The van der Waals surface area contributed by atoms with Crippen LogP contribution in [0.15, 0.2) is 12.1 Å². The average Bonchev–Trinajstić information content (AvgIpc) is 2.23. The van der Waals surface area contributed by atoms with Gasteiger partial charge in [-0.15, -0.1) is 0 Å². The van der Waals surface area contributed by atoms with E-state index in [4.69, 9.17) is 16.9 Å². The molecule has 5 heteroatoms. The molecule has 1 saturated carbocycles. The number of nitrogens with one attached hydrogen (secondary N) is 1. The van der Waals surface area contributed by atoms with Crippen molar-refractivity contribution in [2.24, 2.45) is 0 Å². The van der Waals surface area contributed by atoms with E-state index in [1.807, 2.05) is 6.07 Å². The van der Waals surface area contributed by atoms with Gasteiger partial charge in [0.15, 0.2) is 0 Å². The minimum Gasteiger partial charge on any atom is -0.388 e. The number of anilines is 1. The first-order valence-corrected chi connectivity index (χ1v) is 5.53. The summed E-state index contributed by atoms with van der Waals surface area (Å²) < 4.78 is 0. The molecular formula is C11H12ClN3O. The number of hydrogen-bond donors (Lipinski definition) is 2. The third-order valence-corrected chi connectivity index (χ3v) is 3.00. The van der Waals surface area contributed by atoms with E-state index in [1.54, 1.807) is 6.07 Å². The SMILES string of the molecule is N#Cc1cc(Cl)nc(NCC2(O)CCC2)c1. The van der Waals surface area contributed by atoms with Gasteiger partial charge < -0.3 is 10.4 Å². The normalized spacial score (nSPS) is 17.3. The molecule has 1 aromatic heterocycles. The van der Waals surface area contributed by atoms with Crippen molar-refractivity contribution < 1.29 is 5.11 Å². The highest BCUT2D eigenvalue weighted by Gasteiger charge is 2.34. The Kier molecular flexibility index (Phi) is 2.99. The minimum absolute atomic E-state index is 0.280. The molecule has 1 fully saturated rings. The zero-order valence-electron chi connectivity index (χ0n) is 8.70. The van der Waals surface area contributed by atoms with Crippen LogP contribution in [0.3, 0.4) is 0 Å². The molecule has 84 valence electrons. The summed E-state index contributed by atoms with van der Waals surface area (Å²) in [5.41, 5.74) is -0.153. The summed E-state index contributed by atoms with van der Waals surface area (Å²) in [6.07, 6.45) is 2.68. The molecule has 0 saturated heterocycles. The first kappa shape index (κ1) is 11.2. The molecule has 1 heterocycles. The molecule has 16 heavy (non-hydrogen) atoms. The summed E-state index contributed by atoms with van der Waals surface area (Å²) in [6.45, 7) is 0.450. The lowest BCUT2D eigenvalue weighted by molar-refractivity contribution is -0.0202. The maximum absolute atomic E-state index is 9.88. The smallest absolute Gasteiger partial charge is 0.132 e. The molecule has 0 spiro atoms. The Hall–Kier alpha value is -1.31. The minimum atomic E-state index is -0.614. The average molecular weight is 238 g/mol. The third-order valence-electron chi connectivity index (χ3n) is 2.81. The number of aromatic nitrogens is 1. The molecule has 2 rings (SSSR count). The van der Waals surface area contributed by atoms with Gasteiger partial charge in [-0.2, -0.15) is 5.26 Å². The quantitative estimate of drug-likeness (QED) is 0.789.